The Kier molecular flexibility index (Phi) is 2.32. The van der Waals surface area contributed by atoms with E-state index in [1.54, 1.807) is 0 Å². The van der Waals surface area contributed by atoms with Crippen LogP contribution < -0.4 is 5.73 Å². The highest BCUT2D eigenvalue weighted by Gasteiger charge is 2.35. The van der Waals surface area contributed by atoms with E-state index < -0.39 is 5.60 Å². The minimum Gasteiger partial charge on any atom is -0.390 e. The first kappa shape index (κ1) is 8.02. The normalized spacial score (nSPS) is 26.7. The van der Waals surface area contributed by atoms with E-state index in [-0.39, 0.29) is 5.92 Å². The predicted molar refractivity (Wildman–Crippen MR) is 41.6 cm³/mol. The van der Waals surface area contributed by atoms with Gasteiger partial charge in [-0.3, -0.25) is 0 Å². The zero-order valence-electron chi connectivity index (χ0n) is 6.64. The zero-order valence-corrected chi connectivity index (χ0v) is 6.64. The topological polar surface area (TPSA) is 46.2 Å². The van der Waals surface area contributed by atoms with Crippen LogP contribution in [0.1, 0.15) is 32.6 Å². The molecule has 1 atom stereocenters. The molecule has 0 aromatic rings. The van der Waals surface area contributed by atoms with Crippen molar-refractivity contribution in [2.45, 2.75) is 38.2 Å². The fraction of sp³-hybridized carbons (Fsp3) is 1.00. The van der Waals surface area contributed by atoms with Crippen molar-refractivity contribution in [3.63, 3.8) is 0 Å². The molecule has 0 bridgehead atoms. The molecular formula is C8H17NO. The third kappa shape index (κ3) is 1.32. The van der Waals surface area contributed by atoms with Crippen molar-refractivity contribution in [2.24, 2.45) is 11.7 Å². The van der Waals surface area contributed by atoms with Crippen LogP contribution in [0.25, 0.3) is 0 Å². The molecule has 0 aromatic heterocycles. The maximum absolute atomic E-state index is 9.88. The Labute approximate surface area is 62.4 Å². The second kappa shape index (κ2) is 2.89. The molecule has 60 valence electrons. The number of rotatable bonds is 2. The van der Waals surface area contributed by atoms with Crippen LogP contribution in [0.15, 0.2) is 0 Å². The molecule has 0 aliphatic heterocycles. The summed E-state index contributed by atoms with van der Waals surface area (Å²) in [5, 5.41) is 9.88. The number of hydrogen-bond donors (Lipinski definition) is 2. The molecule has 1 rings (SSSR count). The quantitative estimate of drug-likeness (QED) is 0.603. The second-order valence-corrected chi connectivity index (χ2v) is 3.45. The Morgan fingerprint density at radius 2 is 2.00 bits per heavy atom. The third-order valence-electron chi connectivity index (χ3n) is 2.74. The van der Waals surface area contributed by atoms with Gasteiger partial charge in [0.1, 0.15) is 0 Å². The first-order valence-corrected chi connectivity index (χ1v) is 4.11. The minimum absolute atomic E-state index is 0.273. The highest BCUT2D eigenvalue weighted by atomic mass is 16.3. The van der Waals surface area contributed by atoms with Gasteiger partial charge in [-0.2, -0.15) is 0 Å². The molecule has 3 N–H and O–H groups in total. The Morgan fingerprint density at radius 1 is 1.50 bits per heavy atom. The molecule has 0 aromatic carbocycles. The predicted octanol–water partition coefficient (Wildman–Crippen LogP) is 0.886. The summed E-state index contributed by atoms with van der Waals surface area (Å²) in [6.45, 7) is 2.64. The average molecular weight is 143 g/mol. The van der Waals surface area contributed by atoms with Gasteiger partial charge in [-0.25, -0.2) is 0 Å². The standard InChI is InChI=1S/C8H17NO/c1-7(6-9)8(10)4-2-3-5-8/h7,10H,2-6,9H2,1H3. The molecule has 1 fully saturated rings. The third-order valence-corrected chi connectivity index (χ3v) is 2.74. The van der Waals surface area contributed by atoms with E-state index in [4.69, 9.17) is 5.73 Å². The smallest absolute Gasteiger partial charge is 0.0685 e. The lowest BCUT2D eigenvalue weighted by molar-refractivity contribution is -0.00157. The van der Waals surface area contributed by atoms with Crippen LogP contribution in [0.4, 0.5) is 0 Å². The molecule has 1 aliphatic rings. The molecule has 0 spiro atoms. The van der Waals surface area contributed by atoms with Gasteiger partial charge in [-0.05, 0) is 25.3 Å². The van der Waals surface area contributed by atoms with E-state index in [0.29, 0.717) is 6.54 Å². The summed E-state index contributed by atoms with van der Waals surface area (Å²) in [5.74, 6) is 0.273. The molecule has 0 radical (unpaired) electrons. The summed E-state index contributed by atoms with van der Waals surface area (Å²) in [6, 6.07) is 0. The van der Waals surface area contributed by atoms with Gasteiger partial charge in [-0.1, -0.05) is 19.8 Å². The summed E-state index contributed by atoms with van der Waals surface area (Å²) >= 11 is 0. The molecular weight excluding hydrogens is 126 g/mol. The van der Waals surface area contributed by atoms with Crippen LogP contribution in [0.5, 0.6) is 0 Å². The fourth-order valence-electron chi connectivity index (χ4n) is 1.70. The van der Waals surface area contributed by atoms with E-state index in [1.807, 2.05) is 6.92 Å². The molecule has 10 heavy (non-hydrogen) atoms. The van der Waals surface area contributed by atoms with E-state index in [0.717, 1.165) is 12.8 Å². The zero-order chi connectivity index (χ0) is 7.61. The van der Waals surface area contributed by atoms with Crippen molar-refractivity contribution in [2.75, 3.05) is 6.54 Å². The first-order valence-electron chi connectivity index (χ1n) is 4.11. The van der Waals surface area contributed by atoms with Gasteiger partial charge in [0.15, 0.2) is 0 Å². The summed E-state index contributed by atoms with van der Waals surface area (Å²) in [7, 11) is 0. The highest BCUT2D eigenvalue weighted by molar-refractivity contribution is 4.88. The Morgan fingerprint density at radius 3 is 2.40 bits per heavy atom. The number of nitrogens with two attached hydrogens (primary N) is 1. The van der Waals surface area contributed by atoms with Crippen molar-refractivity contribution in [3.8, 4) is 0 Å². The van der Waals surface area contributed by atoms with Crippen LogP contribution in [0, 0.1) is 5.92 Å². The molecule has 0 heterocycles. The summed E-state index contributed by atoms with van der Waals surface area (Å²) in [4.78, 5) is 0. The van der Waals surface area contributed by atoms with Crippen LogP contribution >= 0.6 is 0 Å². The SMILES string of the molecule is CC(CN)C1(O)CCCC1. The van der Waals surface area contributed by atoms with Crippen LogP contribution in [0.3, 0.4) is 0 Å². The average Bonchev–Trinajstić information content (AvgIpc) is 2.36. The van der Waals surface area contributed by atoms with Gasteiger partial charge < -0.3 is 10.8 Å². The Hall–Kier alpha value is -0.0800. The van der Waals surface area contributed by atoms with E-state index in [9.17, 15) is 5.11 Å². The van der Waals surface area contributed by atoms with Gasteiger partial charge in [-0.15, -0.1) is 0 Å². The van der Waals surface area contributed by atoms with E-state index in [1.165, 1.54) is 12.8 Å². The van der Waals surface area contributed by atoms with Gasteiger partial charge in [0.2, 0.25) is 0 Å². The van der Waals surface area contributed by atoms with Gasteiger partial charge in [0, 0.05) is 0 Å². The largest absolute Gasteiger partial charge is 0.390 e. The second-order valence-electron chi connectivity index (χ2n) is 3.45. The lowest BCUT2D eigenvalue weighted by Gasteiger charge is -2.28. The maximum atomic E-state index is 9.88. The summed E-state index contributed by atoms with van der Waals surface area (Å²) < 4.78 is 0. The fourth-order valence-corrected chi connectivity index (χ4v) is 1.70. The molecule has 1 unspecified atom stereocenters. The monoisotopic (exact) mass is 143 g/mol. The van der Waals surface area contributed by atoms with Crippen molar-refractivity contribution < 1.29 is 5.11 Å². The minimum atomic E-state index is -0.422. The van der Waals surface area contributed by atoms with Crippen molar-refractivity contribution in [1.29, 1.82) is 0 Å². The molecule has 2 heteroatoms. The lowest BCUT2D eigenvalue weighted by atomic mass is 9.87. The molecule has 1 aliphatic carbocycles. The maximum Gasteiger partial charge on any atom is 0.0685 e. The molecule has 1 saturated carbocycles. The van der Waals surface area contributed by atoms with Crippen molar-refractivity contribution in [1.82, 2.24) is 0 Å². The van der Waals surface area contributed by atoms with Crippen LogP contribution in [0.2, 0.25) is 0 Å². The lowest BCUT2D eigenvalue weighted by Crippen LogP contribution is -2.37. The van der Waals surface area contributed by atoms with Gasteiger partial charge >= 0.3 is 0 Å². The summed E-state index contributed by atoms with van der Waals surface area (Å²) in [5.41, 5.74) is 5.06. The van der Waals surface area contributed by atoms with Crippen LogP contribution in [-0.4, -0.2) is 17.3 Å². The van der Waals surface area contributed by atoms with Crippen molar-refractivity contribution >= 4 is 0 Å². The Balaban J connectivity index is 2.49. The van der Waals surface area contributed by atoms with Gasteiger partial charge in [0.05, 0.1) is 5.60 Å². The van der Waals surface area contributed by atoms with E-state index in [2.05, 4.69) is 0 Å². The molecule has 0 saturated heterocycles. The van der Waals surface area contributed by atoms with Crippen molar-refractivity contribution in [3.05, 3.63) is 0 Å². The van der Waals surface area contributed by atoms with Gasteiger partial charge in [0.25, 0.3) is 0 Å². The first-order chi connectivity index (χ1) is 4.69. The highest BCUT2D eigenvalue weighted by Crippen LogP contribution is 2.35. The molecule has 2 nitrogen and oxygen atoms in total. The Bertz CT molecular complexity index is 108. The van der Waals surface area contributed by atoms with Crippen LogP contribution in [-0.2, 0) is 0 Å². The summed E-state index contributed by atoms with van der Waals surface area (Å²) in [6.07, 6.45) is 4.23. The molecule has 0 amide bonds. The number of aliphatic hydroxyl groups is 1. The van der Waals surface area contributed by atoms with E-state index >= 15 is 0 Å². The number of hydrogen-bond acceptors (Lipinski definition) is 2.